The van der Waals surface area contributed by atoms with Crippen molar-refractivity contribution in [3.8, 4) is 0 Å². The molecular weight excluding hydrogens is 328 g/mol. The minimum atomic E-state index is -0.105. The first-order chi connectivity index (χ1) is 12.6. The Morgan fingerprint density at radius 1 is 0.923 bits per heavy atom. The molecule has 1 aromatic carbocycles. The van der Waals surface area contributed by atoms with E-state index >= 15 is 0 Å². The average Bonchev–Trinajstić information content (AvgIpc) is 2.99. The van der Waals surface area contributed by atoms with Gasteiger partial charge in [-0.1, -0.05) is 25.0 Å². The summed E-state index contributed by atoms with van der Waals surface area (Å²) in [5.41, 5.74) is 1.60. The van der Waals surface area contributed by atoms with Crippen LogP contribution in [0.1, 0.15) is 67.3 Å². The quantitative estimate of drug-likeness (QED) is 0.784. The lowest BCUT2D eigenvalue weighted by molar-refractivity contribution is -0.139. The molecule has 2 saturated heterocycles. The van der Waals surface area contributed by atoms with E-state index in [4.69, 9.17) is 0 Å². The van der Waals surface area contributed by atoms with E-state index < -0.39 is 0 Å². The number of likely N-dealkylation sites (tertiary alicyclic amines) is 2. The molecule has 2 aliphatic heterocycles. The van der Waals surface area contributed by atoms with Crippen LogP contribution in [0.3, 0.4) is 0 Å². The van der Waals surface area contributed by atoms with Gasteiger partial charge in [0.25, 0.3) is 5.91 Å². The monoisotopic (exact) mass is 354 g/mol. The zero-order chi connectivity index (χ0) is 18.1. The second kappa shape index (κ2) is 7.22. The van der Waals surface area contributed by atoms with E-state index in [1.165, 1.54) is 30.6 Å². The Bertz CT molecular complexity index is 694. The number of benzene rings is 1. The van der Waals surface area contributed by atoms with E-state index in [2.05, 4.69) is 4.90 Å². The lowest BCUT2D eigenvalue weighted by Gasteiger charge is -2.44. The van der Waals surface area contributed by atoms with Gasteiger partial charge in [-0.3, -0.25) is 19.3 Å². The van der Waals surface area contributed by atoms with Crippen LogP contribution >= 0.6 is 0 Å². The number of fused-ring (bicyclic) bond motifs is 1. The molecule has 1 aromatic rings. The zero-order valence-electron chi connectivity index (χ0n) is 15.2. The fraction of sp³-hybridized carbons (Fsp3) is 0.571. The van der Waals surface area contributed by atoms with Crippen LogP contribution < -0.4 is 0 Å². The first kappa shape index (κ1) is 17.3. The van der Waals surface area contributed by atoms with Gasteiger partial charge in [0.2, 0.25) is 11.8 Å². The number of nitrogens with zero attached hydrogens (tertiary/aromatic N) is 2. The topological polar surface area (TPSA) is 57.7 Å². The molecule has 138 valence electrons. The highest BCUT2D eigenvalue weighted by atomic mass is 16.2. The SMILES string of the molecule is O=C1CCC(=O)N1Cc1ccc(C(=O)N2CCCC3CCCCC32)cc1. The first-order valence-corrected chi connectivity index (χ1v) is 9.86. The van der Waals surface area contributed by atoms with Crippen LogP contribution in [0.25, 0.3) is 0 Å². The Morgan fingerprint density at radius 3 is 2.31 bits per heavy atom. The van der Waals surface area contributed by atoms with Crippen LogP contribution in [0.4, 0.5) is 0 Å². The summed E-state index contributed by atoms with van der Waals surface area (Å²) in [5.74, 6) is 0.591. The highest BCUT2D eigenvalue weighted by molar-refractivity contribution is 6.01. The predicted octanol–water partition coefficient (Wildman–Crippen LogP) is 3.13. The van der Waals surface area contributed by atoms with Crippen LogP contribution in [0.15, 0.2) is 24.3 Å². The molecule has 1 saturated carbocycles. The van der Waals surface area contributed by atoms with Gasteiger partial charge in [0, 0.05) is 31.0 Å². The molecule has 5 nitrogen and oxygen atoms in total. The van der Waals surface area contributed by atoms with Crippen molar-refractivity contribution in [2.45, 2.75) is 64.0 Å². The number of hydrogen-bond donors (Lipinski definition) is 0. The van der Waals surface area contributed by atoms with Crippen molar-refractivity contribution in [1.29, 1.82) is 0 Å². The number of imide groups is 1. The third kappa shape index (κ3) is 3.27. The van der Waals surface area contributed by atoms with Gasteiger partial charge >= 0.3 is 0 Å². The summed E-state index contributed by atoms with van der Waals surface area (Å²) in [6, 6.07) is 7.83. The normalized spacial score (nSPS) is 26.2. The van der Waals surface area contributed by atoms with Gasteiger partial charge < -0.3 is 4.90 Å². The second-order valence-electron chi connectivity index (χ2n) is 7.82. The Kier molecular flexibility index (Phi) is 4.79. The first-order valence-electron chi connectivity index (χ1n) is 9.86. The maximum atomic E-state index is 13.0. The van der Waals surface area contributed by atoms with Crippen LogP contribution in [0.5, 0.6) is 0 Å². The molecule has 2 heterocycles. The lowest BCUT2D eigenvalue weighted by atomic mass is 9.78. The van der Waals surface area contributed by atoms with E-state index in [-0.39, 0.29) is 17.7 Å². The van der Waals surface area contributed by atoms with E-state index in [1.54, 1.807) is 0 Å². The van der Waals surface area contributed by atoms with Gasteiger partial charge in [-0.25, -0.2) is 0 Å². The summed E-state index contributed by atoms with van der Waals surface area (Å²) in [6.07, 6.45) is 7.89. The zero-order valence-corrected chi connectivity index (χ0v) is 15.2. The van der Waals surface area contributed by atoms with Crippen LogP contribution in [-0.2, 0) is 16.1 Å². The molecule has 5 heteroatoms. The molecular formula is C21H26N2O3. The summed E-state index contributed by atoms with van der Waals surface area (Å²) < 4.78 is 0. The molecule has 3 aliphatic rings. The summed E-state index contributed by atoms with van der Waals surface area (Å²) in [7, 11) is 0. The number of hydrogen-bond acceptors (Lipinski definition) is 3. The second-order valence-corrected chi connectivity index (χ2v) is 7.82. The molecule has 1 aliphatic carbocycles. The van der Waals surface area contributed by atoms with E-state index in [9.17, 15) is 14.4 Å². The Balaban J connectivity index is 1.45. The van der Waals surface area contributed by atoms with Gasteiger partial charge in [0.1, 0.15) is 0 Å². The molecule has 0 aromatic heterocycles. The molecule has 0 N–H and O–H groups in total. The van der Waals surface area contributed by atoms with Gasteiger partial charge in [-0.15, -0.1) is 0 Å². The molecule has 3 fully saturated rings. The predicted molar refractivity (Wildman–Crippen MR) is 97.2 cm³/mol. The van der Waals surface area contributed by atoms with Crippen molar-refractivity contribution in [2.24, 2.45) is 5.92 Å². The maximum Gasteiger partial charge on any atom is 0.254 e. The van der Waals surface area contributed by atoms with Crippen LogP contribution in [-0.4, -0.2) is 40.1 Å². The third-order valence-electron chi connectivity index (χ3n) is 6.20. The summed E-state index contributed by atoms with van der Waals surface area (Å²) in [6.45, 7) is 1.17. The molecule has 2 atom stereocenters. The summed E-state index contributed by atoms with van der Waals surface area (Å²) >= 11 is 0. The summed E-state index contributed by atoms with van der Waals surface area (Å²) in [5, 5.41) is 0. The average molecular weight is 354 g/mol. The Labute approximate surface area is 154 Å². The van der Waals surface area contributed by atoms with E-state index in [0.717, 1.165) is 24.9 Å². The standard InChI is InChI=1S/C21H26N2O3/c24-19-11-12-20(25)23(19)14-15-7-9-17(10-8-15)21(26)22-13-3-5-16-4-1-2-6-18(16)22/h7-10,16,18H,1-6,11-14H2. The third-order valence-corrected chi connectivity index (χ3v) is 6.20. The lowest BCUT2D eigenvalue weighted by Crippen LogP contribution is -2.49. The van der Waals surface area contributed by atoms with Gasteiger partial charge in [0.05, 0.1) is 6.54 Å². The molecule has 0 radical (unpaired) electrons. The van der Waals surface area contributed by atoms with Crippen molar-refractivity contribution < 1.29 is 14.4 Å². The Hall–Kier alpha value is -2.17. The maximum absolute atomic E-state index is 13.0. The largest absolute Gasteiger partial charge is 0.335 e. The number of rotatable bonds is 3. The molecule has 4 rings (SSSR count). The fourth-order valence-corrected chi connectivity index (χ4v) is 4.78. The molecule has 3 amide bonds. The minimum absolute atomic E-state index is 0.105. The van der Waals surface area contributed by atoms with Crippen molar-refractivity contribution in [3.05, 3.63) is 35.4 Å². The number of amides is 3. The molecule has 0 spiro atoms. The molecule has 26 heavy (non-hydrogen) atoms. The molecule has 2 unspecified atom stereocenters. The van der Waals surface area contributed by atoms with E-state index in [1.807, 2.05) is 24.3 Å². The number of piperidine rings is 1. The summed E-state index contributed by atoms with van der Waals surface area (Å²) in [4.78, 5) is 39.9. The number of carbonyl (C=O) groups is 3. The highest BCUT2D eigenvalue weighted by Crippen LogP contribution is 2.36. The van der Waals surface area contributed by atoms with Crippen LogP contribution in [0, 0.1) is 5.92 Å². The van der Waals surface area contributed by atoms with Crippen LogP contribution in [0.2, 0.25) is 0 Å². The van der Waals surface area contributed by atoms with Crippen molar-refractivity contribution in [2.75, 3.05) is 6.54 Å². The van der Waals surface area contributed by atoms with Gasteiger partial charge in [0.15, 0.2) is 0 Å². The van der Waals surface area contributed by atoms with Gasteiger partial charge in [-0.05, 0) is 49.3 Å². The van der Waals surface area contributed by atoms with Crippen molar-refractivity contribution in [1.82, 2.24) is 9.80 Å². The van der Waals surface area contributed by atoms with E-state index in [0.29, 0.717) is 36.9 Å². The molecule has 0 bridgehead atoms. The highest BCUT2D eigenvalue weighted by Gasteiger charge is 2.36. The van der Waals surface area contributed by atoms with Crippen molar-refractivity contribution >= 4 is 17.7 Å². The fourth-order valence-electron chi connectivity index (χ4n) is 4.78. The Morgan fingerprint density at radius 2 is 1.58 bits per heavy atom. The smallest absolute Gasteiger partial charge is 0.254 e. The number of carbonyl (C=O) groups excluding carboxylic acids is 3. The van der Waals surface area contributed by atoms with Crippen molar-refractivity contribution in [3.63, 3.8) is 0 Å². The van der Waals surface area contributed by atoms with Gasteiger partial charge in [-0.2, -0.15) is 0 Å². The minimum Gasteiger partial charge on any atom is -0.335 e.